The van der Waals surface area contributed by atoms with Crippen LogP contribution in [0, 0.1) is 11.6 Å². The lowest BCUT2D eigenvalue weighted by Gasteiger charge is -2.30. The van der Waals surface area contributed by atoms with Crippen LogP contribution in [-0.2, 0) is 4.79 Å². The van der Waals surface area contributed by atoms with Crippen LogP contribution in [0.1, 0.15) is 18.9 Å². The first-order valence-corrected chi connectivity index (χ1v) is 8.59. The Kier molecular flexibility index (Phi) is 5.69. The zero-order chi connectivity index (χ0) is 16.3. The SMILES string of the molecule is CCN1C(=O)C(Cl)CC=C1c1c(F)cc(OCSC)cc1F. The van der Waals surface area contributed by atoms with Crippen molar-refractivity contribution in [2.24, 2.45) is 0 Å². The van der Waals surface area contributed by atoms with Gasteiger partial charge in [0.05, 0.1) is 11.3 Å². The number of nitrogens with zero attached hydrogens (tertiary/aromatic N) is 1. The van der Waals surface area contributed by atoms with Crippen molar-refractivity contribution in [1.82, 2.24) is 4.90 Å². The molecule has 1 aromatic carbocycles. The highest BCUT2D eigenvalue weighted by Gasteiger charge is 2.31. The first-order valence-electron chi connectivity index (χ1n) is 6.76. The highest BCUT2D eigenvalue weighted by Crippen LogP contribution is 2.33. The summed E-state index contributed by atoms with van der Waals surface area (Å²) in [6, 6.07) is 2.25. The molecule has 2 rings (SSSR count). The summed E-state index contributed by atoms with van der Waals surface area (Å²) in [5.41, 5.74) is -0.00825. The van der Waals surface area contributed by atoms with E-state index in [0.717, 1.165) is 12.1 Å². The molecule has 0 N–H and O–H groups in total. The van der Waals surface area contributed by atoms with E-state index in [1.165, 1.54) is 16.7 Å². The Labute approximate surface area is 137 Å². The van der Waals surface area contributed by atoms with Crippen LogP contribution in [-0.4, -0.2) is 34.9 Å². The molecule has 0 saturated carbocycles. The molecule has 1 aliphatic rings. The van der Waals surface area contributed by atoms with Crippen molar-refractivity contribution in [3.05, 3.63) is 35.4 Å². The minimum Gasteiger partial charge on any atom is -0.483 e. The largest absolute Gasteiger partial charge is 0.483 e. The van der Waals surface area contributed by atoms with E-state index in [4.69, 9.17) is 16.3 Å². The molecule has 1 atom stereocenters. The number of thioether (sulfide) groups is 1. The molecule has 22 heavy (non-hydrogen) atoms. The van der Waals surface area contributed by atoms with Crippen LogP contribution in [0.3, 0.4) is 0 Å². The number of carbonyl (C=O) groups excluding carboxylic acids is 1. The van der Waals surface area contributed by atoms with Gasteiger partial charge in [-0.25, -0.2) is 8.78 Å². The molecular formula is C15H16ClF2NO2S. The van der Waals surface area contributed by atoms with Crippen molar-refractivity contribution in [2.75, 3.05) is 18.7 Å². The maximum atomic E-state index is 14.3. The van der Waals surface area contributed by atoms with Crippen LogP contribution in [0.5, 0.6) is 5.75 Å². The summed E-state index contributed by atoms with van der Waals surface area (Å²) in [7, 11) is 0. The lowest BCUT2D eigenvalue weighted by molar-refractivity contribution is -0.127. The number of benzene rings is 1. The van der Waals surface area contributed by atoms with E-state index >= 15 is 0 Å². The number of alkyl halides is 1. The van der Waals surface area contributed by atoms with Gasteiger partial charge >= 0.3 is 0 Å². The van der Waals surface area contributed by atoms with Gasteiger partial charge in [-0.3, -0.25) is 4.79 Å². The van der Waals surface area contributed by atoms with E-state index in [0.29, 0.717) is 5.94 Å². The summed E-state index contributed by atoms with van der Waals surface area (Å²) >= 11 is 7.31. The second kappa shape index (κ2) is 7.33. The molecule has 1 aliphatic heterocycles. The molecule has 0 radical (unpaired) electrons. The van der Waals surface area contributed by atoms with E-state index in [9.17, 15) is 13.6 Å². The number of ether oxygens (including phenoxy) is 1. The molecule has 1 aromatic rings. The van der Waals surface area contributed by atoms with Crippen LogP contribution in [0.4, 0.5) is 8.78 Å². The van der Waals surface area contributed by atoms with Crippen molar-refractivity contribution in [3.8, 4) is 5.75 Å². The fourth-order valence-electron chi connectivity index (χ4n) is 2.28. The maximum absolute atomic E-state index is 14.3. The topological polar surface area (TPSA) is 29.5 Å². The third kappa shape index (κ3) is 3.38. The predicted octanol–water partition coefficient (Wildman–Crippen LogP) is 3.86. The molecule has 1 heterocycles. The summed E-state index contributed by atoms with van der Waals surface area (Å²) in [4.78, 5) is 13.3. The van der Waals surface area contributed by atoms with Gasteiger partial charge in [-0.15, -0.1) is 23.4 Å². The van der Waals surface area contributed by atoms with Gasteiger partial charge in [-0.2, -0.15) is 0 Å². The first kappa shape index (κ1) is 17.1. The number of carbonyl (C=O) groups is 1. The minimum absolute atomic E-state index is 0.120. The van der Waals surface area contributed by atoms with Gasteiger partial charge in [0.1, 0.15) is 28.7 Å². The monoisotopic (exact) mass is 347 g/mol. The molecule has 1 amide bonds. The second-order valence-corrected chi connectivity index (χ2v) is 6.03. The molecule has 0 bridgehead atoms. The molecule has 0 aromatic heterocycles. The molecule has 0 aliphatic carbocycles. The van der Waals surface area contributed by atoms with Gasteiger partial charge in [-0.1, -0.05) is 6.08 Å². The van der Waals surface area contributed by atoms with Crippen LogP contribution in [0.15, 0.2) is 18.2 Å². The molecule has 0 spiro atoms. The summed E-state index contributed by atoms with van der Waals surface area (Å²) < 4.78 is 33.8. The van der Waals surface area contributed by atoms with E-state index in [2.05, 4.69) is 0 Å². The van der Waals surface area contributed by atoms with Crippen LogP contribution < -0.4 is 4.74 Å². The number of allylic oxidation sites excluding steroid dienone is 1. The smallest absolute Gasteiger partial charge is 0.245 e. The van der Waals surface area contributed by atoms with E-state index in [1.807, 2.05) is 6.26 Å². The molecule has 0 saturated heterocycles. The number of hydrogen-bond donors (Lipinski definition) is 0. The fraction of sp³-hybridized carbons (Fsp3) is 0.400. The van der Waals surface area contributed by atoms with Crippen molar-refractivity contribution in [2.45, 2.75) is 18.7 Å². The third-order valence-electron chi connectivity index (χ3n) is 3.27. The Hall–Kier alpha value is -1.27. The number of rotatable bonds is 5. The van der Waals surface area contributed by atoms with Gasteiger partial charge in [0.15, 0.2) is 0 Å². The lowest BCUT2D eigenvalue weighted by Crippen LogP contribution is -2.38. The van der Waals surface area contributed by atoms with Crippen molar-refractivity contribution in [3.63, 3.8) is 0 Å². The molecule has 120 valence electrons. The second-order valence-electron chi connectivity index (χ2n) is 4.69. The van der Waals surface area contributed by atoms with E-state index < -0.39 is 17.0 Å². The molecular weight excluding hydrogens is 332 g/mol. The summed E-state index contributed by atoms with van der Waals surface area (Å²) in [6.07, 6.45) is 3.66. The Balaban J connectivity index is 2.41. The summed E-state index contributed by atoms with van der Waals surface area (Å²) in [6.45, 7) is 2.02. The van der Waals surface area contributed by atoms with Crippen molar-refractivity contribution < 1.29 is 18.3 Å². The molecule has 3 nitrogen and oxygen atoms in total. The average molecular weight is 348 g/mol. The van der Waals surface area contributed by atoms with E-state index in [-0.39, 0.29) is 35.9 Å². The Morgan fingerprint density at radius 3 is 2.59 bits per heavy atom. The molecule has 1 unspecified atom stereocenters. The zero-order valence-electron chi connectivity index (χ0n) is 12.2. The van der Waals surface area contributed by atoms with Crippen LogP contribution in [0.25, 0.3) is 5.70 Å². The van der Waals surface area contributed by atoms with Gasteiger partial charge in [0, 0.05) is 18.7 Å². The molecule has 0 fully saturated rings. The molecule has 7 heteroatoms. The Bertz CT molecular complexity index is 586. The maximum Gasteiger partial charge on any atom is 0.245 e. The van der Waals surface area contributed by atoms with Gasteiger partial charge in [0.25, 0.3) is 0 Å². The average Bonchev–Trinajstić information content (AvgIpc) is 2.48. The minimum atomic E-state index is -0.762. The number of halogens is 3. The zero-order valence-corrected chi connectivity index (χ0v) is 13.8. The highest BCUT2D eigenvalue weighted by molar-refractivity contribution is 7.98. The fourth-order valence-corrected chi connectivity index (χ4v) is 2.74. The normalized spacial score (nSPS) is 18.4. The standard InChI is InChI=1S/C15H16ClF2NO2S/c1-3-19-13(5-4-10(16)15(19)20)14-11(17)6-9(7-12(14)18)21-8-22-2/h5-7,10H,3-4,8H2,1-2H3. The summed E-state index contributed by atoms with van der Waals surface area (Å²) in [5, 5.41) is -0.695. The lowest BCUT2D eigenvalue weighted by atomic mass is 10.0. The van der Waals surface area contributed by atoms with Crippen molar-refractivity contribution in [1.29, 1.82) is 0 Å². The van der Waals surface area contributed by atoms with Crippen LogP contribution >= 0.6 is 23.4 Å². The summed E-state index contributed by atoms with van der Waals surface area (Å²) in [5.74, 6) is -1.45. The Morgan fingerprint density at radius 2 is 2.05 bits per heavy atom. The number of hydrogen-bond acceptors (Lipinski definition) is 3. The highest BCUT2D eigenvalue weighted by atomic mass is 35.5. The van der Waals surface area contributed by atoms with Crippen LogP contribution in [0.2, 0.25) is 0 Å². The van der Waals surface area contributed by atoms with E-state index in [1.54, 1.807) is 13.0 Å². The van der Waals surface area contributed by atoms with Gasteiger partial charge in [-0.05, 0) is 19.6 Å². The predicted molar refractivity (Wildman–Crippen MR) is 85.0 cm³/mol. The quantitative estimate of drug-likeness (QED) is 0.598. The third-order valence-corrected chi connectivity index (χ3v) is 3.99. The van der Waals surface area contributed by atoms with Gasteiger partial charge in [0.2, 0.25) is 5.91 Å². The Morgan fingerprint density at radius 1 is 1.41 bits per heavy atom. The first-order chi connectivity index (χ1) is 10.5. The van der Waals surface area contributed by atoms with Crippen molar-refractivity contribution >= 4 is 35.0 Å². The van der Waals surface area contributed by atoms with Gasteiger partial charge < -0.3 is 9.64 Å². The number of amides is 1.